The first kappa shape index (κ1) is 12.9. The fraction of sp³-hybridized carbons (Fsp3) is 0.692. The Morgan fingerprint density at radius 3 is 2.69 bits per heavy atom. The average molecular weight is 224 g/mol. The Hall–Kier alpha value is -1.12. The van der Waals surface area contributed by atoms with Crippen LogP contribution < -0.4 is 0 Å². The van der Waals surface area contributed by atoms with E-state index in [4.69, 9.17) is 4.74 Å². The maximum Gasteiger partial charge on any atom is 0.302 e. The molecule has 0 aromatic carbocycles. The maximum absolute atomic E-state index is 11.0. The molecule has 0 amide bonds. The molecular weight excluding hydrogens is 204 g/mol. The molecule has 0 saturated carbocycles. The molecule has 0 radical (unpaired) electrons. The summed E-state index contributed by atoms with van der Waals surface area (Å²) in [6.07, 6.45) is 2.84. The second-order valence-corrected chi connectivity index (χ2v) is 5.04. The number of carbonyl (C=O) groups excluding carboxylic acids is 2. The van der Waals surface area contributed by atoms with E-state index in [0.29, 0.717) is 6.61 Å². The molecule has 0 bridgehead atoms. The quantitative estimate of drug-likeness (QED) is 0.420. The van der Waals surface area contributed by atoms with Crippen molar-refractivity contribution in [2.45, 2.75) is 40.5 Å². The van der Waals surface area contributed by atoms with Gasteiger partial charge in [0.05, 0.1) is 0 Å². The number of ether oxygens (including phenoxy) is 1. The summed E-state index contributed by atoms with van der Waals surface area (Å²) in [6.45, 7) is 7.88. The Bertz CT molecular complexity index is 326. The van der Waals surface area contributed by atoms with Gasteiger partial charge in [0.1, 0.15) is 12.9 Å². The molecular formula is C13H20O3. The minimum absolute atomic E-state index is 0.0294. The minimum atomic E-state index is -0.274. The summed E-state index contributed by atoms with van der Waals surface area (Å²) in [6, 6.07) is 0. The van der Waals surface area contributed by atoms with Gasteiger partial charge >= 0.3 is 5.97 Å². The van der Waals surface area contributed by atoms with Crippen molar-refractivity contribution in [3.05, 3.63) is 11.1 Å². The zero-order valence-corrected chi connectivity index (χ0v) is 10.5. The monoisotopic (exact) mass is 224 g/mol. The molecule has 0 aromatic rings. The minimum Gasteiger partial charge on any atom is -0.461 e. The van der Waals surface area contributed by atoms with Gasteiger partial charge < -0.3 is 9.53 Å². The second kappa shape index (κ2) is 4.81. The summed E-state index contributed by atoms with van der Waals surface area (Å²) in [5.74, 6) is -0.244. The predicted octanol–water partition coefficient (Wildman–Crippen LogP) is 2.50. The van der Waals surface area contributed by atoms with E-state index >= 15 is 0 Å². The molecule has 0 heterocycles. The Labute approximate surface area is 96.9 Å². The van der Waals surface area contributed by atoms with Crippen LogP contribution in [0.25, 0.3) is 0 Å². The normalized spacial score (nSPS) is 24.1. The molecule has 3 heteroatoms. The van der Waals surface area contributed by atoms with Crippen LogP contribution in [0.5, 0.6) is 0 Å². The maximum atomic E-state index is 11.0. The number of carbonyl (C=O) groups is 2. The third-order valence-corrected chi connectivity index (χ3v) is 3.63. The van der Waals surface area contributed by atoms with Gasteiger partial charge in [-0.25, -0.2) is 0 Å². The van der Waals surface area contributed by atoms with Crippen LogP contribution in [-0.2, 0) is 14.3 Å². The first-order valence-corrected chi connectivity index (χ1v) is 5.67. The van der Waals surface area contributed by atoms with Gasteiger partial charge in [-0.3, -0.25) is 4.79 Å². The van der Waals surface area contributed by atoms with Crippen molar-refractivity contribution < 1.29 is 14.3 Å². The van der Waals surface area contributed by atoms with Crippen LogP contribution in [-0.4, -0.2) is 18.9 Å². The lowest BCUT2D eigenvalue weighted by Crippen LogP contribution is -2.34. The fourth-order valence-electron chi connectivity index (χ4n) is 2.38. The lowest BCUT2D eigenvalue weighted by Gasteiger charge is -2.38. The van der Waals surface area contributed by atoms with Gasteiger partial charge in [0, 0.05) is 12.8 Å². The van der Waals surface area contributed by atoms with E-state index in [9.17, 15) is 9.59 Å². The van der Waals surface area contributed by atoms with Crippen molar-refractivity contribution in [2.75, 3.05) is 6.61 Å². The highest BCUT2D eigenvalue weighted by molar-refractivity contribution is 5.66. The zero-order chi connectivity index (χ0) is 12.3. The summed E-state index contributed by atoms with van der Waals surface area (Å²) in [5, 5.41) is 0. The molecule has 0 aliphatic heterocycles. The van der Waals surface area contributed by atoms with E-state index in [1.54, 1.807) is 0 Å². The molecule has 0 fully saturated rings. The number of hydrogen-bond donors (Lipinski definition) is 0. The largest absolute Gasteiger partial charge is 0.461 e. The molecule has 0 aromatic heterocycles. The highest BCUT2D eigenvalue weighted by Gasteiger charge is 2.37. The Morgan fingerprint density at radius 1 is 1.56 bits per heavy atom. The summed E-state index contributed by atoms with van der Waals surface area (Å²) < 4.78 is 5.07. The van der Waals surface area contributed by atoms with Crippen LogP contribution in [0.1, 0.15) is 40.5 Å². The summed E-state index contributed by atoms with van der Waals surface area (Å²) in [7, 11) is 0. The third kappa shape index (κ3) is 2.52. The Morgan fingerprint density at radius 2 is 2.19 bits per heavy atom. The van der Waals surface area contributed by atoms with Crippen LogP contribution in [0.2, 0.25) is 0 Å². The summed E-state index contributed by atoms with van der Waals surface area (Å²) >= 11 is 0. The SMILES string of the molecule is CC(=O)OCC1=C(C)CCC(C=O)C1(C)C. The molecule has 0 N–H and O–H groups in total. The van der Waals surface area contributed by atoms with Crippen molar-refractivity contribution in [2.24, 2.45) is 11.3 Å². The first-order chi connectivity index (χ1) is 7.39. The number of hydrogen-bond acceptors (Lipinski definition) is 3. The van der Waals surface area contributed by atoms with E-state index in [2.05, 4.69) is 6.92 Å². The lowest BCUT2D eigenvalue weighted by atomic mass is 9.66. The Balaban J connectivity index is 2.91. The van der Waals surface area contributed by atoms with E-state index in [0.717, 1.165) is 24.7 Å². The predicted molar refractivity (Wildman–Crippen MR) is 61.9 cm³/mol. The Kier molecular flexibility index (Phi) is 3.89. The van der Waals surface area contributed by atoms with E-state index in [-0.39, 0.29) is 17.3 Å². The van der Waals surface area contributed by atoms with Crippen LogP contribution in [0, 0.1) is 11.3 Å². The summed E-state index contributed by atoms with van der Waals surface area (Å²) in [5.41, 5.74) is 2.16. The van der Waals surface area contributed by atoms with Crippen molar-refractivity contribution in [3.63, 3.8) is 0 Å². The van der Waals surface area contributed by atoms with Crippen LogP contribution in [0.15, 0.2) is 11.1 Å². The molecule has 0 saturated heterocycles. The molecule has 1 aliphatic rings. The van der Waals surface area contributed by atoms with Gasteiger partial charge in [-0.1, -0.05) is 19.4 Å². The van der Waals surface area contributed by atoms with Gasteiger partial charge in [0.2, 0.25) is 0 Å². The van der Waals surface area contributed by atoms with Gasteiger partial charge in [-0.2, -0.15) is 0 Å². The van der Waals surface area contributed by atoms with Gasteiger partial charge in [-0.15, -0.1) is 0 Å². The molecule has 1 aliphatic carbocycles. The second-order valence-electron chi connectivity index (χ2n) is 5.04. The highest BCUT2D eigenvalue weighted by Crippen LogP contribution is 2.43. The van der Waals surface area contributed by atoms with Crippen molar-refractivity contribution in [1.82, 2.24) is 0 Å². The fourth-order valence-corrected chi connectivity index (χ4v) is 2.38. The molecule has 0 spiro atoms. The van der Waals surface area contributed by atoms with Crippen molar-refractivity contribution >= 4 is 12.3 Å². The molecule has 1 unspecified atom stereocenters. The highest BCUT2D eigenvalue weighted by atomic mass is 16.5. The van der Waals surface area contributed by atoms with E-state index in [1.165, 1.54) is 12.5 Å². The number of esters is 1. The standard InChI is InChI=1S/C13H20O3/c1-9-5-6-11(7-14)13(3,4)12(9)8-16-10(2)15/h7,11H,5-6,8H2,1-4H3. The molecule has 16 heavy (non-hydrogen) atoms. The van der Waals surface area contributed by atoms with Gasteiger partial charge in [0.25, 0.3) is 0 Å². The average Bonchev–Trinajstić information content (AvgIpc) is 2.16. The van der Waals surface area contributed by atoms with Crippen molar-refractivity contribution in [3.8, 4) is 0 Å². The lowest BCUT2D eigenvalue weighted by molar-refractivity contribution is -0.140. The van der Waals surface area contributed by atoms with Crippen LogP contribution in [0.3, 0.4) is 0 Å². The van der Waals surface area contributed by atoms with Crippen LogP contribution >= 0.6 is 0 Å². The molecule has 3 nitrogen and oxygen atoms in total. The molecule has 1 rings (SSSR count). The third-order valence-electron chi connectivity index (χ3n) is 3.63. The van der Waals surface area contributed by atoms with Gasteiger partial charge in [-0.05, 0) is 30.8 Å². The zero-order valence-electron chi connectivity index (χ0n) is 10.5. The first-order valence-electron chi connectivity index (χ1n) is 5.67. The topological polar surface area (TPSA) is 43.4 Å². The van der Waals surface area contributed by atoms with E-state index < -0.39 is 0 Å². The molecule has 1 atom stereocenters. The number of allylic oxidation sites excluding steroid dienone is 1. The molecule has 90 valence electrons. The summed E-state index contributed by atoms with van der Waals surface area (Å²) in [4.78, 5) is 21.9. The number of rotatable bonds is 3. The van der Waals surface area contributed by atoms with Gasteiger partial charge in [0.15, 0.2) is 0 Å². The van der Waals surface area contributed by atoms with Crippen LogP contribution in [0.4, 0.5) is 0 Å². The number of aldehydes is 1. The van der Waals surface area contributed by atoms with Crippen molar-refractivity contribution in [1.29, 1.82) is 0 Å². The van der Waals surface area contributed by atoms with E-state index in [1.807, 2.05) is 13.8 Å². The smallest absolute Gasteiger partial charge is 0.302 e.